The number of hydrogen-bond acceptors (Lipinski definition) is 2. The molecular formula is C14H12Cl4N4. The van der Waals surface area contributed by atoms with Gasteiger partial charge in [0.15, 0.2) is 0 Å². The first-order chi connectivity index (χ1) is 10.0. The van der Waals surface area contributed by atoms with E-state index in [1.807, 2.05) is 0 Å². The summed E-state index contributed by atoms with van der Waals surface area (Å²) in [5.41, 5.74) is 9.79. The van der Waals surface area contributed by atoms with Gasteiger partial charge in [-0.05, 0) is 42.0 Å². The second-order valence-corrected chi connectivity index (χ2v) is 5.27. The number of guanidine groups is 1. The van der Waals surface area contributed by atoms with Gasteiger partial charge in [-0.15, -0.1) is 12.4 Å². The van der Waals surface area contributed by atoms with E-state index in [4.69, 9.17) is 40.5 Å². The highest BCUT2D eigenvalue weighted by atomic mass is 35.5. The van der Waals surface area contributed by atoms with Gasteiger partial charge in [0, 0.05) is 5.02 Å². The Morgan fingerprint density at radius 3 is 2.32 bits per heavy atom. The average molecular weight is 378 g/mol. The number of nitrogens with one attached hydrogen (secondary N) is 1. The first-order valence-electron chi connectivity index (χ1n) is 5.88. The molecule has 2 aromatic rings. The number of aliphatic imine (C=N–C) groups is 1. The summed E-state index contributed by atoms with van der Waals surface area (Å²) in [5, 5.41) is 5.56. The van der Waals surface area contributed by atoms with Crippen LogP contribution in [-0.4, -0.2) is 12.2 Å². The van der Waals surface area contributed by atoms with Gasteiger partial charge in [-0.3, -0.25) is 0 Å². The number of hydrazone groups is 1. The van der Waals surface area contributed by atoms with E-state index >= 15 is 0 Å². The summed E-state index contributed by atoms with van der Waals surface area (Å²) in [6.07, 6.45) is 1.56. The lowest BCUT2D eigenvalue weighted by molar-refractivity contribution is 1.01. The van der Waals surface area contributed by atoms with Gasteiger partial charge in [-0.2, -0.15) is 5.10 Å². The molecule has 0 fully saturated rings. The molecule has 2 aromatic carbocycles. The Balaban J connectivity index is 0.00000242. The Labute approximate surface area is 149 Å². The molecule has 0 aliphatic heterocycles. The smallest absolute Gasteiger partial charge is 0.214 e. The summed E-state index contributed by atoms with van der Waals surface area (Å²) >= 11 is 17.5. The van der Waals surface area contributed by atoms with Crippen LogP contribution in [0.4, 0.5) is 5.69 Å². The van der Waals surface area contributed by atoms with Crippen molar-refractivity contribution < 1.29 is 0 Å². The maximum Gasteiger partial charge on any atom is 0.214 e. The Kier molecular flexibility index (Phi) is 7.48. The molecule has 8 heteroatoms. The molecule has 0 saturated carbocycles. The monoisotopic (exact) mass is 376 g/mol. The number of hydrogen-bond donors (Lipinski definition) is 2. The second-order valence-electron chi connectivity index (χ2n) is 4.02. The van der Waals surface area contributed by atoms with Crippen LogP contribution in [0.3, 0.4) is 0 Å². The zero-order valence-electron chi connectivity index (χ0n) is 11.1. The van der Waals surface area contributed by atoms with E-state index in [1.54, 1.807) is 48.7 Å². The van der Waals surface area contributed by atoms with Gasteiger partial charge in [0.25, 0.3) is 0 Å². The molecule has 0 aliphatic rings. The van der Waals surface area contributed by atoms with Crippen LogP contribution < -0.4 is 11.2 Å². The minimum atomic E-state index is 0. The largest absolute Gasteiger partial charge is 0.368 e. The lowest BCUT2D eigenvalue weighted by Crippen LogP contribution is -2.26. The molecule has 3 N–H and O–H groups in total. The summed E-state index contributed by atoms with van der Waals surface area (Å²) in [6.45, 7) is 0. The summed E-state index contributed by atoms with van der Waals surface area (Å²) in [7, 11) is 0. The topological polar surface area (TPSA) is 62.8 Å². The molecule has 0 heterocycles. The summed E-state index contributed by atoms with van der Waals surface area (Å²) in [4.78, 5) is 4.13. The van der Waals surface area contributed by atoms with Crippen molar-refractivity contribution in [1.29, 1.82) is 0 Å². The Hall–Kier alpha value is -1.46. The van der Waals surface area contributed by atoms with E-state index in [1.165, 1.54) is 0 Å². The van der Waals surface area contributed by atoms with E-state index in [2.05, 4.69) is 15.5 Å². The average Bonchev–Trinajstić information content (AvgIpc) is 2.45. The van der Waals surface area contributed by atoms with Crippen molar-refractivity contribution in [3.05, 3.63) is 63.1 Å². The maximum atomic E-state index is 5.90. The molecule has 0 atom stereocenters. The van der Waals surface area contributed by atoms with Gasteiger partial charge in [-0.25, -0.2) is 10.4 Å². The Morgan fingerprint density at radius 1 is 1.00 bits per heavy atom. The van der Waals surface area contributed by atoms with Gasteiger partial charge in [0.1, 0.15) is 0 Å². The Morgan fingerprint density at radius 2 is 1.68 bits per heavy atom. The Bertz CT molecular complexity index is 684. The van der Waals surface area contributed by atoms with Gasteiger partial charge < -0.3 is 5.73 Å². The second kappa shape index (κ2) is 8.86. The van der Waals surface area contributed by atoms with Crippen molar-refractivity contribution in [3.63, 3.8) is 0 Å². The fourth-order valence-electron chi connectivity index (χ4n) is 1.45. The minimum Gasteiger partial charge on any atom is -0.368 e. The lowest BCUT2D eigenvalue weighted by atomic mass is 10.2. The normalized spacial score (nSPS) is 11.3. The van der Waals surface area contributed by atoms with Crippen LogP contribution in [0.5, 0.6) is 0 Å². The van der Waals surface area contributed by atoms with Gasteiger partial charge in [0.2, 0.25) is 5.96 Å². The quantitative estimate of drug-likeness (QED) is 0.465. The van der Waals surface area contributed by atoms with Crippen molar-refractivity contribution in [2.45, 2.75) is 0 Å². The van der Waals surface area contributed by atoms with E-state index in [0.29, 0.717) is 20.8 Å². The van der Waals surface area contributed by atoms with E-state index in [-0.39, 0.29) is 18.4 Å². The van der Waals surface area contributed by atoms with Gasteiger partial charge in [-0.1, -0.05) is 40.9 Å². The number of benzene rings is 2. The van der Waals surface area contributed by atoms with Crippen LogP contribution in [0.15, 0.2) is 52.6 Å². The predicted molar refractivity (Wildman–Crippen MR) is 97.2 cm³/mol. The molecule has 4 nitrogen and oxygen atoms in total. The molecule has 22 heavy (non-hydrogen) atoms. The van der Waals surface area contributed by atoms with E-state index < -0.39 is 0 Å². The lowest BCUT2D eigenvalue weighted by Gasteiger charge is -2.00. The molecule has 0 saturated heterocycles. The first kappa shape index (κ1) is 18.6. The summed E-state index contributed by atoms with van der Waals surface area (Å²) < 4.78 is 0. The number of halogens is 4. The first-order valence-corrected chi connectivity index (χ1v) is 7.02. The molecule has 0 aromatic heterocycles. The molecule has 2 rings (SSSR count). The molecule has 0 aliphatic carbocycles. The van der Waals surface area contributed by atoms with Crippen LogP contribution in [0, 0.1) is 0 Å². The molecule has 0 radical (unpaired) electrons. The number of nitrogens with zero attached hydrogens (tertiary/aromatic N) is 2. The van der Waals surface area contributed by atoms with Crippen LogP contribution in [0.25, 0.3) is 0 Å². The number of rotatable bonds is 3. The van der Waals surface area contributed by atoms with Crippen LogP contribution >= 0.6 is 47.2 Å². The van der Waals surface area contributed by atoms with Crippen molar-refractivity contribution in [2.75, 3.05) is 0 Å². The molecule has 0 unspecified atom stereocenters. The van der Waals surface area contributed by atoms with Crippen LogP contribution in [0.1, 0.15) is 5.56 Å². The molecular weight excluding hydrogens is 366 g/mol. The van der Waals surface area contributed by atoms with Crippen molar-refractivity contribution in [1.82, 2.24) is 5.43 Å². The highest BCUT2D eigenvalue weighted by Crippen LogP contribution is 2.21. The third-order valence-electron chi connectivity index (χ3n) is 2.41. The standard InChI is InChI=1S/C14H11Cl3N4.ClH/c15-10-2-4-11(5-3-10)20-14(18)21-19-8-9-1-6-12(16)13(17)7-9;/h1-8H,(H3,18,20,21);1H. The van der Waals surface area contributed by atoms with Crippen LogP contribution in [-0.2, 0) is 0 Å². The molecule has 0 amide bonds. The third kappa shape index (κ3) is 5.73. The van der Waals surface area contributed by atoms with Gasteiger partial charge >= 0.3 is 0 Å². The minimum absolute atomic E-state index is 0. The zero-order chi connectivity index (χ0) is 15.2. The SMILES string of the molecule is Cl.NC(=Nc1ccc(Cl)cc1)NN=Cc1ccc(Cl)c(Cl)c1. The van der Waals surface area contributed by atoms with Crippen molar-refractivity contribution >= 4 is 65.1 Å². The van der Waals surface area contributed by atoms with Crippen molar-refractivity contribution in [3.8, 4) is 0 Å². The predicted octanol–water partition coefficient (Wildman–Crippen LogP) is 4.64. The summed E-state index contributed by atoms with van der Waals surface area (Å²) in [5.74, 6) is 0.161. The molecule has 116 valence electrons. The van der Waals surface area contributed by atoms with E-state index in [0.717, 1.165) is 5.56 Å². The summed E-state index contributed by atoms with van der Waals surface area (Å²) in [6, 6.07) is 12.1. The molecule has 0 bridgehead atoms. The van der Waals surface area contributed by atoms with Crippen molar-refractivity contribution in [2.24, 2.45) is 15.8 Å². The van der Waals surface area contributed by atoms with Crippen LogP contribution in [0.2, 0.25) is 15.1 Å². The third-order valence-corrected chi connectivity index (χ3v) is 3.40. The maximum absolute atomic E-state index is 5.90. The zero-order valence-corrected chi connectivity index (χ0v) is 14.2. The fourth-order valence-corrected chi connectivity index (χ4v) is 1.88. The highest BCUT2D eigenvalue weighted by Gasteiger charge is 1.97. The highest BCUT2D eigenvalue weighted by molar-refractivity contribution is 6.42. The fraction of sp³-hybridized carbons (Fsp3) is 0. The number of nitrogens with two attached hydrogens (primary N) is 1. The van der Waals surface area contributed by atoms with Gasteiger partial charge in [0.05, 0.1) is 21.9 Å². The van der Waals surface area contributed by atoms with E-state index in [9.17, 15) is 0 Å². The molecule has 0 spiro atoms.